The second-order valence-electron chi connectivity index (χ2n) is 22.0. The minimum atomic E-state index is -0.816. The first kappa shape index (κ1) is 77.3. The fourth-order valence-electron chi connectivity index (χ4n) is 9.08. The van der Waals surface area contributed by atoms with Gasteiger partial charge in [-0.25, -0.2) is 0 Å². The van der Waals surface area contributed by atoms with Gasteiger partial charge in [0, 0.05) is 19.3 Å². The quantitative estimate of drug-likeness (QED) is 0.0261. The molecule has 0 bridgehead atoms. The van der Waals surface area contributed by atoms with Gasteiger partial charge < -0.3 is 14.2 Å². The van der Waals surface area contributed by atoms with Crippen molar-refractivity contribution < 1.29 is 28.6 Å². The molecule has 0 aromatic carbocycles. The van der Waals surface area contributed by atoms with E-state index in [0.717, 1.165) is 122 Å². The first-order valence-electron chi connectivity index (χ1n) is 33.8. The van der Waals surface area contributed by atoms with Gasteiger partial charge in [0.25, 0.3) is 0 Å². The number of carbonyl (C=O) groups excluding carboxylic acids is 3. The van der Waals surface area contributed by atoms with Crippen LogP contribution in [0.15, 0.2) is 146 Å². The number of allylic oxidation sites excluding steroid dienone is 24. The first-order valence-corrected chi connectivity index (χ1v) is 33.8. The zero-order valence-electron chi connectivity index (χ0n) is 53.2. The van der Waals surface area contributed by atoms with Crippen LogP contribution in [0, 0.1) is 0 Å². The van der Waals surface area contributed by atoms with Crippen molar-refractivity contribution in [2.24, 2.45) is 0 Å². The summed E-state index contributed by atoms with van der Waals surface area (Å²) in [5.41, 5.74) is 0. The Hall–Kier alpha value is -4.71. The van der Waals surface area contributed by atoms with E-state index >= 15 is 0 Å². The molecule has 0 radical (unpaired) electrons. The average Bonchev–Trinajstić information content (AvgIpc) is 3.47. The summed E-state index contributed by atoms with van der Waals surface area (Å²) in [6.07, 6.45) is 98.9. The van der Waals surface area contributed by atoms with Crippen molar-refractivity contribution in [1.82, 2.24) is 0 Å². The predicted molar refractivity (Wildman–Crippen MR) is 357 cm³/mol. The molecule has 0 rings (SSSR count). The Balaban J connectivity index is 4.24. The molecule has 0 aromatic rings. The zero-order chi connectivity index (χ0) is 59.2. The minimum absolute atomic E-state index is 0.106. The molecule has 0 aliphatic rings. The van der Waals surface area contributed by atoms with Crippen molar-refractivity contribution in [3.63, 3.8) is 0 Å². The smallest absolute Gasteiger partial charge is 0.306 e. The molecule has 0 aliphatic heterocycles. The average molecular weight is 1130 g/mol. The molecule has 0 aliphatic carbocycles. The Morgan fingerprint density at radius 1 is 0.256 bits per heavy atom. The highest BCUT2D eigenvalue weighted by atomic mass is 16.6. The fourth-order valence-corrected chi connectivity index (χ4v) is 9.08. The first-order chi connectivity index (χ1) is 40.5. The summed E-state index contributed by atoms with van der Waals surface area (Å²) in [5, 5.41) is 0. The van der Waals surface area contributed by atoms with E-state index in [-0.39, 0.29) is 37.5 Å². The zero-order valence-corrected chi connectivity index (χ0v) is 53.2. The molecule has 0 spiro atoms. The second-order valence-corrected chi connectivity index (χ2v) is 22.0. The Bertz CT molecular complexity index is 1780. The Morgan fingerprint density at radius 2 is 0.500 bits per heavy atom. The van der Waals surface area contributed by atoms with E-state index in [9.17, 15) is 14.4 Å². The van der Waals surface area contributed by atoms with Gasteiger partial charge in [0.2, 0.25) is 0 Å². The van der Waals surface area contributed by atoms with Crippen LogP contribution in [0.5, 0.6) is 0 Å². The monoisotopic (exact) mass is 1130 g/mol. The maximum absolute atomic E-state index is 12.9. The number of hydrogen-bond donors (Lipinski definition) is 0. The second kappa shape index (κ2) is 68.8. The third-order valence-electron chi connectivity index (χ3n) is 14.1. The normalized spacial score (nSPS) is 13.1. The predicted octanol–water partition coefficient (Wildman–Crippen LogP) is 23.5. The van der Waals surface area contributed by atoms with E-state index in [4.69, 9.17) is 14.2 Å². The van der Waals surface area contributed by atoms with Crippen LogP contribution >= 0.6 is 0 Å². The Morgan fingerprint density at radius 3 is 0.829 bits per heavy atom. The summed E-state index contributed by atoms with van der Waals surface area (Å²) in [7, 11) is 0. The van der Waals surface area contributed by atoms with Crippen molar-refractivity contribution >= 4 is 17.9 Å². The molecular weight excluding hydrogens is 1010 g/mol. The van der Waals surface area contributed by atoms with Crippen LogP contribution in [-0.4, -0.2) is 37.2 Å². The minimum Gasteiger partial charge on any atom is -0.462 e. The van der Waals surface area contributed by atoms with E-state index in [2.05, 4.69) is 161 Å². The van der Waals surface area contributed by atoms with Crippen LogP contribution in [0.3, 0.4) is 0 Å². The lowest BCUT2D eigenvalue weighted by molar-refractivity contribution is -0.166. The molecule has 0 saturated carbocycles. The van der Waals surface area contributed by atoms with Gasteiger partial charge >= 0.3 is 17.9 Å². The molecular formula is C76H124O6. The van der Waals surface area contributed by atoms with E-state index in [1.54, 1.807) is 0 Å². The summed E-state index contributed by atoms with van der Waals surface area (Å²) in [6.45, 7) is 6.34. The Labute approximate surface area is 506 Å². The number of ether oxygens (including phenoxy) is 3. The molecule has 1 unspecified atom stereocenters. The number of carbonyl (C=O) groups is 3. The van der Waals surface area contributed by atoms with Gasteiger partial charge in [-0.05, 0) is 128 Å². The maximum Gasteiger partial charge on any atom is 0.306 e. The van der Waals surface area contributed by atoms with Crippen LogP contribution in [0.4, 0.5) is 0 Å². The molecule has 0 N–H and O–H groups in total. The lowest BCUT2D eigenvalue weighted by Gasteiger charge is -2.18. The maximum atomic E-state index is 12.9. The number of rotatable bonds is 60. The van der Waals surface area contributed by atoms with Crippen molar-refractivity contribution in [2.45, 2.75) is 303 Å². The number of hydrogen-bond acceptors (Lipinski definition) is 6. The van der Waals surface area contributed by atoms with Crippen molar-refractivity contribution in [3.05, 3.63) is 146 Å². The van der Waals surface area contributed by atoms with Gasteiger partial charge in [0.05, 0.1) is 0 Å². The van der Waals surface area contributed by atoms with Gasteiger partial charge in [0.15, 0.2) is 6.10 Å². The van der Waals surface area contributed by atoms with Gasteiger partial charge in [0.1, 0.15) is 13.2 Å². The van der Waals surface area contributed by atoms with Gasteiger partial charge in [-0.2, -0.15) is 0 Å². The summed E-state index contributed by atoms with van der Waals surface area (Å²) in [6, 6.07) is 0. The fraction of sp³-hybridized carbons (Fsp3) is 0.645. The highest BCUT2D eigenvalue weighted by Gasteiger charge is 2.19. The molecule has 464 valence electrons. The lowest BCUT2D eigenvalue weighted by Crippen LogP contribution is -2.30. The van der Waals surface area contributed by atoms with E-state index in [1.807, 2.05) is 6.08 Å². The molecule has 1 atom stereocenters. The molecule has 0 heterocycles. The molecule has 0 saturated heterocycles. The summed E-state index contributed by atoms with van der Waals surface area (Å²) < 4.78 is 16.8. The van der Waals surface area contributed by atoms with Gasteiger partial charge in [-0.15, -0.1) is 0 Å². The third kappa shape index (κ3) is 66.1. The lowest BCUT2D eigenvalue weighted by atomic mass is 10.0. The van der Waals surface area contributed by atoms with Crippen molar-refractivity contribution in [1.29, 1.82) is 0 Å². The van der Waals surface area contributed by atoms with Gasteiger partial charge in [-0.1, -0.05) is 295 Å². The summed E-state index contributed by atoms with van der Waals surface area (Å²) >= 11 is 0. The molecule has 0 fully saturated rings. The van der Waals surface area contributed by atoms with Crippen molar-refractivity contribution in [3.8, 4) is 0 Å². The molecule has 6 heteroatoms. The highest BCUT2D eigenvalue weighted by molar-refractivity contribution is 5.71. The van der Waals surface area contributed by atoms with Crippen LogP contribution < -0.4 is 0 Å². The highest BCUT2D eigenvalue weighted by Crippen LogP contribution is 2.16. The van der Waals surface area contributed by atoms with Crippen molar-refractivity contribution in [2.75, 3.05) is 13.2 Å². The summed E-state index contributed by atoms with van der Waals surface area (Å²) in [5.74, 6) is -0.998. The standard InChI is InChI=1S/C76H124O6/c1-4-7-10-13-16-19-22-25-27-29-30-31-32-33-34-35-36-37-38-39-40-41-42-43-44-45-46-47-49-51-54-57-60-63-66-69-75(78)81-72-73(71-80-74(77)68-65-62-59-56-53-50-24-21-18-15-12-9-6-3)82-76(79)70-67-64-61-58-55-52-48-28-26-23-20-17-14-11-8-5-2/h7,9-10,12,16,18-19,21,25,27-28,30-31,33-34,36-37,39-40,48,50,53,59,62,73H,4-6,8,11,13-15,17,20,22-24,26,29,32,35,38,41-47,49,51-52,54-58,60-61,63-72H2,1-3H3/b10-7-,12-9-,19-16-,21-18-,27-25-,31-30-,34-33-,37-36-,40-39-,48-28-,53-50-,62-59-. The Kier molecular flexibility index (Phi) is 64.8. The largest absolute Gasteiger partial charge is 0.462 e. The van der Waals surface area contributed by atoms with E-state index in [0.29, 0.717) is 19.3 Å². The third-order valence-corrected chi connectivity index (χ3v) is 14.1. The molecule has 6 nitrogen and oxygen atoms in total. The molecule has 0 aromatic heterocycles. The number of esters is 3. The molecule has 0 amide bonds. The summed E-state index contributed by atoms with van der Waals surface area (Å²) in [4.78, 5) is 38.3. The molecule has 82 heavy (non-hydrogen) atoms. The SMILES string of the molecule is CC/C=C\C/C=C\C/C=C\C/C=C\C/C=C\C/C=C\C/C=C\CCCCCCCCCCCCCCCC(=O)OCC(COC(=O)CC/C=C\C/C=C\C/C=C\C/C=C\CC)OC(=O)CCCCCCC/C=C\CCCCCCCCC. The number of unbranched alkanes of at least 4 members (excludes halogenated alkanes) is 25. The van der Waals surface area contributed by atoms with Crippen LogP contribution in [-0.2, 0) is 28.6 Å². The van der Waals surface area contributed by atoms with Crippen LogP contribution in [0.25, 0.3) is 0 Å². The van der Waals surface area contributed by atoms with Crippen LogP contribution in [0.2, 0.25) is 0 Å². The van der Waals surface area contributed by atoms with E-state index in [1.165, 1.54) is 128 Å². The topological polar surface area (TPSA) is 78.9 Å². The van der Waals surface area contributed by atoms with Crippen LogP contribution in [0.1, 0.15) is 297 Å². The van der Waals surface area contributed by atoms with Gasteiger partial charge in [-0.3, -0.25) is 14.4 Å². The van der Waals surface area contributed by atoms with E-state index < -0.39 is 6.10 Å².